The van der Waals surface area contributed by atoms with Crippen LogP contribution in [0.4, 0.5) is 0 Å². The Balaban J connectivity index is 1.86. The van der Waals surface area contributed by atoms with Crippen molar-refractivity contribution >= 4 is 34.3 Å². The van der Waals surface area contributed by atoms with Gasteiger partial charge in [0.15, 0.2) is 11.5 Å². The summed E-state index contributed by atoms with van der Waals surface area (Å²) in [6.45, 7) is 6.43. The summed E-state index contributed by atoms with van der Waals surface area (Å²) in [6.07, 6.45) is 0. The lowest BCUT2D eigenvalue weighted by Gasteiger charge is -2.21. The molecular formula is C30H27ClO7. The molecule has 4 rings (SSSR count). The first-order valence-electron chi connectivity index (χ1n) is 12.2. The zero-order chi connectivity index (χ0) is 27.1. The van der Waals surface area contributed by atoms with E-state index in [9.17, 15) is 9.59 Å². The van der Waals surface area contributed by atoms with E-state index in [4.69, 9.17) is 35.3 Å². The summed E-state index contributed by atoms with van der Waals surface area (Å²) in [6, 6.07) is 20.2. The van der Waals surface area contributed by atoms with Crippen LogP contribution >= 0.6 is 11.6 Å². The Bertz CT molecular complexity index is 1430. The first-order chi connectivity index (χ1) is 18.5. The largest absolute Gasteiger partial charge is 0.494 e. The molecule has 196 valence electrons. The van der Waals surface area contributed by atoms with Crippen LogP contribution in [0.2, 0.25) is 5.02 Å². The van der Waals surface area contributed by atoms with Gasteiger partial charge in [-0.1, -0.05) is 29.8 Å². The van der Waals surface area contributed by atoms with Crippen LogP contribution in [0.5, 0.6) is 28.7 Å². The fourth-order valence-electron chi connectivity index (χ4n) is 3.84. The fraction of sp³-hybridized carbons (Fsp3) is 0.200. The van der Waals surface area contributed by atoms with Gasteiger partial charge in [-0.25, -0.2) is 9.59 Å². The molecule has 0 spiro atoms. The highest BCUT2D eigenvalue weighted by molar-refractivity contribution is 6.31. The van der Waals surface area contributed by atoms with Gasteiger partial charge in [-0.3, -0.25) is 0 Å². The third-order valence-electron chi connectivity index (χ3n) is 5.47. The second-order valence-corrected chi connectivity index (χ2v) is 8.41. The number of carbonyl (C=O) groups excluding carboxylic acids is 2. The normalized spacial score (nSPS) is 10.6. The van der Waals surface area contributed by atoms with Gasteiger partial charge >= 0.3 is 11.9 Å². The number of hydrogen-bond donors (Lipinski definition) is 0. The number of halogens is 1. The Morgan fingerprint density at radius 3 is 1.68 bits per heavy atom. The molecule has 7 nitrogen and oxygen atoms in total. The molecule has 0 aromatic heterocycles. The summed E-state index contributed by atoms with van der Waals surface area (Å²) >= 11 is 6.34. The molecule has 0 radical (unpaired) electrons. The third kappa shape index (κ3) is 5.84. The van der Waals surface area contributed by atoms with Crippen molar-refractivity contribution < 1.29 is 33.3 Å². The Hall–Kier alpha value is -4.23. The molecule has 0 N–H and O–H groups in total. The van der Waals surface area contributed by atoms with E-state index in [0.717, 1.165) is 0 Å². The molecule has 0 saturated heterocycles. The molecule has 0 heterocycles. The minimum absolute atomic E-state index is 0.103. The van der Waals surface area contributed by atoms with Crippen molar-refractivity contribution in [2.45, 2.75) is 20.8 Å². The summed E-state index contributed by atoms with van der Waals surface area (Å²) in [7, 11) is 0. The second kappa shape index (κ2) is 12.3. The number of esters is 2. The molecule has 8 heteroatoms. The van der Waals surface area contributed by atoms with Gasteiger partial charge in [-0.2, -0.15) is 0 Å². The van der Waals surface area contributed by atoms with Crippen molar-refractivity contribution in [1.29, 1.82) is 0 Å². The molecule has 0 bridgehead atoms. The molecule has 0 saturated carbocycles. The molecule has 0 unspecified atom stereocenters. The summed E-state index contributed by atoms with van der Waals surface area (Å²) < 4.78 is 29.1. The minimum Gasteiger partial charge on any atom is -0.494 e. The minimum atomic E-state index is -0.619. The smallest absolute Gasteiger partial charge is 0.343 e. The van der Waals surface area contributed by atoms with E-state index in [1.54, 1.807) is 86.6 Å². The van der Waals surface area contributed by atoms with Gasteiger partial charge < -0.3 is 23.7 Å². The van der Waals surface area contributed by atoms with Crippen molar-refractivity contribution in [3.8, 4) is 28.7 Å². The Labute approximate surface area is 225 Å². The number of carbonyl (C=O) groups is 2. The van der Waals surface area contributed by atoms with Crippen LogP contribution in [0.15, 0.2) is 72.8 Å². The highest BCUT2D eigenvalue weighted by Gasteiger charge is 2.28. The Morgan fingerprint density at radius 2 is 1.13 bits per heavy atom. The van der Waals surface area contributed by atoms with Gasteiger partial charge in [0.05, 0.1) is 30.9 Å². The lowest BCUT2D eigenvalue weighted by atomic mass is 10.1. The maximum absolute atomic E-state index is 13.2. The number of hydrogen-bond acceptors (Lipinski definition) is 7. The van der Waals surface area contributed by atoms with E-state index >= 15 is 0 Å². The quantitative estimate of drug-likeness (QED) is 0.158. The van der Waals surface area contributed by atoms with Crippen molar-refractivity contribution in [3.63, 3.8) is 0 Å². The Morgan fingerprint density at radius 1 is 0.605 bits per heavy atom. The van der Waals surface area contributed by atoms with Gasteiger partial charge in [0, 0.05) is 15.8 Å². The first-order valence-corrected chi connectivity index (χ1v) is 12.6. The average Bonchev–Trinajstić information content (AvgIpc) is 2.93. The summed E-state index contributed by atoms with van der Waals surface area (Å²) in [4.78, 5) is 26.2. The predicted octanol–water partition coefficient (Wildman–Crippen LogP) is 7.13. The second-order valence-electron chi connectivity index (χ2n) is 7.97. The van der Waals surface area contributed by atoms with Crippen LogP contribution in [0, 0.1) is 0 Å². The van der Waals surface area contributed by atoms with Crippen LogP contribution in [-0.2, 0) is 0 Å². The van der Waals surface area contributed by atoms with E-state index in [-0.39, 0.29) is 36.2 Å². The molecular weight excluding hydrogens is 508 g/mol. The Kier molecular flexibility index (Phi) is 8.71. The van der Waals surface area contributed by atoms with Gasteiger partial charge in [0.2, 0.25) is 11.5 Å². The van der Waals surface area contributed by atoms with Gasteiger partial charge in [0.25, 0.3) is 0 Å². The molecule has 4 aromatic rings. The number of ether oxygens (including phenoxy) is 5. The molecule has 0 fully saturated rings. The van der Waals surface area contributed by atoms with E-state index in [2.05, 4.69) is 0 Å². The van der Waals surface area contributed by atoms with Crippen LogP contribution in [0.1, 0.15) is 41.5 Å². The van der Waals surface area contributed by atoms with Crippen LogP contribution in [0.25, 0.3) is 10.8 Å². The average molecular weight is 535 g/mol. The monoisotopic (exact) mass is 534 g/mol. The van der Waals surface area contributed by atoms with Gasteiger partial charge in [-0.15, -0.1) is 0 Å². The van der Waals surface area contributed by atoms with E-state index in [0.29, 0.717) is 39.3 Å². The van der Waals surface area contributed by atoms with Crippen molar-refractivity contribution in [1.82, 2.24) is 0 Å². The van der Waals surface area contributed by atoms with E-state index < -0.39 is 11.9 Å². The number of rotatable bonds is 10. The molecule has 0 aliphatic heterocycles. The predicted molar refractivity (Wildman–Crippen MR) is 145 cm³/mol. The zero-order valence-electron chi connectivity index (χ0n) is 21.3. The summed E-state index contributed by atoms with van der Waals surface area (Å²) in [5.74, 6) is -0.0549. The van der Waals surface area contributed by atoms with Crippen LogP contribution in [0.3, 0.4) is 0 Å². The van der Waals surface area contributed by atoms with Crippen molar-refractivity contribution in [2.75, 3.05) is 19.8 Å². The highest BCUT2D eigenvalue weighted by atomic mass is 35.5. The maximum Gasteiger partial charge on any atom is 0.343 e. The maximum atomic E-state index is 13.2. The number of benzene rings is 4. The van der Waals surface area contributed by atoms with Gasteiger partial charge in [0.1, 0.15) is 5.75 Å². The van der Waals surface area contributed by atoms with Crippen molar-refractivity contribution in [2.24, 2.45) is 0 Å². The van der Waals surface area contributed by atoms with Crippen molar-refractivity contribution in [3.05, 3.63) is 88.9 Å². The lowest BCUT2D eigenvalue weighted by molar-refractivity contribution is 0.0712. The van der Waals surface area contributed by atoms with Crippen LogP contribution in [-0.4, -0.2) is 31.8 Å². The fourth-order valence-corrected chi connectivity index (χ4v) is 4.01. The standard InChI is InChI=1S/C30H27ClO7/c1-4-34-22-15-12-20(13-16-22)30(33)38-26-24-18-21(31)14-17-23(24)25(27(35-5-2)28(26)36-6-3)37-29(32)19-10-8-7-9-11-19/h7-18H,4-6H2,1-3H3. The first kappa shape index (κ1) is 26.8. The number of fused-ring (bicyclic) bond motifs is 1. The molecule has 0 aliphatic rings. The topological polar surface area (TPSA) is 80.3 Å². The van der Waals surface area contributed by atoms with E-state index in [1.807, 2.05) is 6.92 Å². The van der Waals surface area contributed by atoms with Gasteiger partial charge in [-0.05, 0) is 75.4 Å². The molecule has 0 aliphatic carbocycles. The molecule has 0 atom stereocenters. The SMILES string of the molecule is CCOc1ccc(C(=O)Oc2c(OCC)c(OCC)c(OC(=O)c3ccccc3)c3ccc(Cl)cc23)cc1. The highest BCUT2D eigenvalue weighted by Crippen LogP contribution is 2.52. The van der Waals surface area contributed by atoms with Crippen LogP contribution < -0.4 is 23.7 Å². The van der Waals surface area contributed by atoms with E-state index in [1.165, 1.54) is 0 Å². The molecule has 0 amide bonds. The zero-order valence-corrected chi connectivity index (χ0v) is 22.0. The molecule has 4 aromatic carbocycles. The lowest BCUT2D eigenvalue weighted by Crippen LogP contribution is -2.13. The summed E-state index contributed by atoms with van der Waals surface area (Å²) in [5.41, 5.74) is 0.671. The summed E-state index contributed by atoms with van der Waals surface area (Å²) in [5, 5.41) is 1.27. The molecule has 38 heavy (non-hydrogen) atoms. The third-order valence-corrected chi connectivity index (χ3v) is 5.70.